The molecule has 0 amide bonds. The number of aromatic carboxylic acids is 1. The molecular weight excluding hydrogens is 296 g/mol. The minimum Gasteiger partial charge on any atom is -0.476 e. The summed E-state index contributed by atoms with van der Waals surface area (Å²) in [5, 5.41) is 16.6. The number of pyridine rings is 1. The molecular formula is C12H14N4O4S. The molecule has 0 radical (unpaired) electrons. The van der Waals surface area contributed by atoms with E-state index in [0.29, 0.717) is 12.1 Å². The Bertz CT molecular complexity index is 811. The van der Waals surface area contributed by atoms with Crippen molar-refractivity contribution in [3.63, 3.8) is 0 Å². The largest absolute Gasteiger partial charge is 0.476 e. The molecule has 21 heavy (non-hydrogen) atoms. The lowest BCUT2D eigenvalue weighted by Gasteiger charge is -2.07. The van der Waals surface area contributed by atoms with Crippen LogP contribution < -0.4 is 0 Å². The number of hydrogen-bond acceptors (Lipinski definition) is 6. The van der Waals surface area contributed by atoms with Crippen LogP contribution in [-0.4, -0.2) is 45.7 Å². The van der Waals surface area contributed by atoms with Crippen LogP contribution in [0.15, 0.2) is 17.0 Å². The van der Waals surface area contributed by atoms with Gasteiger partial charge >= 0.3 is 5.97 Å². The van der Waals surface area contributed by atoms with E-state index < -0.39 is 15.8 Å². The van der Waals surface area contributed by atoms with Crippen molar-refractivity contribution in [1.82, 2.24) is 20.0 Å². The first-order valence-corrected chi connectivity index (χ1v) is 7.98. The third-order valence-electron chi connectivity index (χ3n) is 2.94. The van der Waals surface area contributed by atoms with E-state index in [0.717, 1.165) is 10.9 Å². The number of carboxylic acid groups (broad SMARTS) is 1. The second-order valence-electron chi connectivity index (χ2n) is 4.48. The van der Waals surface area contributed by atoms with Crippen molar-refractivity contribution in [3.8, 4) is 11.4 Å². The van der Waals surface area contributed by atoms with Crippen molar-refractivity contribution in [2.45, 2.75) is 18.2 Å². The van der Waals surface area contributed by atoms with E-state index in [1.165, 1.54) is 19.2 Å². The summed E-state index contributed by atoms with van der Waals surface area (Å²) < 4.78 is 24.5. The van der Waals surface area contributed by atoms with E-state index in [2.05, 4.69) is 15.3 Å². The van der Waals surface area contributed by atoms with Gasteiger partial charge in [0.2, 0.25) is 0 Å². The number of carbonyl (C=O) groups is 1. The highest BCUT2D eigenvalue weighted by Gasteiger charge is 2.22. The fraction of sp³-hybridized carbons (Fsp3) is 0.333. The molecule has 9 heteroatoms. The second-order valence-corrected chi connectivity index (χ2v) is 6.47. The Morgan fingerprint density at radius 3 is 2.57 bits per heavy atom. The zero-order chi connectivity index (χ0) is 15.8. The highest BCUT2D eigenvalue weighted by atomic mass is 32.2. The molecule has 0 fully saturated rings. The molecule has 8 nitrogen and oxygen atoms in total. The molecule has 0 unspecified atom stereocenters. The van der Waals surface area contributed by atoms with Crippen LogP contribution in [0.5, 0.6) is 0 Å². The lowest BCUT2D eigenvalue weighted by atomic mass is 10.2. The number of rotatable bonds is 4. The lowest BCUT2D eigenvalue weighted by molar-refractivity contribution is 0.0686. The number of aryl methyl sites for hydroxylation is 2. The van der Waals surface area contributed by atoms with Crippen LogP contribution in [0.1, 0.15) is 23.1 Å². The van der Waals surface area contributed by atoms with Gasteiger partial charge in [-0.3, -0.25) is 0 Å². The van der Waals surface area contributed by atoms with Gasteiger partial charge in [-0.2, -0.15) is 0 Å². The van der Waals surface area contributed by atoms with E-state index in [9.17, 15) is 18.3 Å². The molecule has 0 saturated heterocycles. The summed E-state index contributed by atoms with van der Waals surface area (Å²) in [4.78, 5) is 15.6. The Hall–Kier alpha value is -2.29. The van der Waals surface area contributed by atoms with Gasteiger partial charge < -0.3 is 5.11 Å². The maximum absolute atomic E-state index is 11.7. The summed E-state index contributed by atoms with van der Waals surface area (Å²) >= 11 is 0. The smallest absolute Gasteiger partial charge is 0.356 e. The lowest BCUT2D eigenvalue weighted by Crippen LogP contribution is -2.08. The summed E-state index contributed by atoms with van der Waals surface area (Å²) in [7, 11) is -1.92. The normalized spacial score (nSPS) is 11.6. The van der Waals surface area contributed by atoms with Crippen LogP contribution in [0.25, 0.3) is 11.4 Å². The molecule has 0 aliphatic heterocycles. The van der Waals surface area contributed by atoms with Crippen molar-refractivity contribution in [2.75, 3.05) is 6.26 Å². The van der Waals surface area contributed by atoms with Gasteiger partial charge in [-0.05, 0) is 18.6 Å². The van der Waals surface area contributed by atoms with Crippen LogP contribution in [-0.2, 0) is 23.3 Å². The minimum absolute atomic E-state index is 0.100. The molecule has 0 bridgehead atoms. The van der Waals surface area contributed by atoms with Gasteiger partial charge in [0.15, 0.2) is 15.5 Å². The van der Waals surface area contributed by atoms with Crippen LogP contribution in [0.2, 0.25) is 0 Å². The van der Waals surface area contributed by atoms with E-state index in [4.69, 9.17) is 0 Å². The van der Waals surface area contributed by atoms with Crippen molar-refractivity contribution in [2.24, 2.45) is 7.05 Å². The quantitative estimate of drug-likeness (QED) is 0.876. The third-order valence-corrected chi connectivity index (χ3v) is 4.11. The van der Waals surface area contributed by atoms with Gasteiger partial charge in [-0.1, -0.05) is 12.1 Å². The van der Waals surface area contributed by atoms with E-state index in [-0.39, 0.29) is 22.0 Å². The molecule has 0 atom stereocenters. The molecule has 0 saturated carbocycles. The van der Waals surface area contributed by atoms with Gasteiger partial charge in [0.1, 0.15) is 5.69 Å². The van der Waals surface area contributed by atoms with Crippen LogP contribution in [0.4, 0.5) is 0 Å². The summed E-state index contributed by atoms with van der Waals surface area (Å²) in [6.45, 7) is 1.77. The van der Waals surface area contributed by atoms with Crippen LogP contribution in [0, 0.1) is 0 Å². The number of hydrogen-bond donors (Lipinski definition) is 1. The molecule has 0 spiro atoms. The second kappa shape index (κ2) is 5.24. The van der Waals surface area contributed by atoms with Gasteiger partial charge in [0.05, 0.1) is 16.3 Å². The first-order chi connectivity index (χ1) is 9.75. The molecule has 0 aromatic carbocycles. The van der Waals surface area contributed by atoms with Gasteiger partial charge in [-0.25, -0.2) is 22.9 Å². The molecule has 112 valence electrons. The first kappa shape index (κ1) is 15.1. The molecule has 0 aliphatic rings. The SMILES string of the molecule is CCc1nc(-c2nnn(C)c2C(=O)O)ccc1S(C)(=O)=O. The number of aromatic nitrogens is 4. The molecule has 2 rings (SSSR count). The highest BCUT2D eigenvalue weighted by Crippen LogP contribution is 2.23. The molecule has 1 N–H and O–H groups in total. The fourth-order valence-corrected chi connectivity index (χ4v) is 2.91. The van der Waals surface area contributed by atoms with Gasteiger partial charge in [-0.15, -0.1) is 5.10 Å². The third kappa shape index (κ3) is 2.77. The van der Waals surface area contributed by atoms with Crippen molar-refractivity contribution < 1.29 is 18.3 Å². The Morgan fingerprint density at radius 2 is 2.05 bits per heavy atom. The molecule has 0 aliphatic carbocycles. The average Bonchev–Trinajstić information content (AvgIpc) is 2.79. The van der Waals surface area contributed by atoms with E-state index >= 15 is 0 Å². The van der Waals surface area contributed by atoms with Crippen molar-refractivity contribution >= 4 is 15.8 Å². The van der Waals surface area contributed by atoms with Gasteiger partial charge in [0.25, 0.3) is 0 Å². The summed E-state index contributed by atoms with van der Waals surface area (Å²) in [6.07, 6.45) is 1.51. The van der Waals surface area contributed by atoms with E-state index in [1.54, 1.807) is 6.92 Å². The predicted octanol–water partition coefficient (Wildman–Crippen LogP) is 0.541. The Labute approximate surface area is 121 Å². The molecule has 2 heterocycles. The monoisotopic (exact) mass is 310 g/mol. The van der Waals surface area contributed by atoms with E-state index in [1.807, 2.05) is 0 Å². The maximum atomic E-state index is 11.7. The van der Waals surface area contributed by atoms with Crippen LogP contribution in [0.3, 0.4) is 0 Å². The van der Waals surface area contributed by atoms with Crippen molar-refractivity contribution in [1.29, 1.82) is 0 Å². The Balaban J connectivity index is 2.65. The van der Waals surface area contributed by atoms with Crippen molar-refractivity contribution in [3.05, 3.63) is 23.5 Å². The average molecular weight is 310 g/mol. The summed E-state index contributed by atoms with van der Waals surface area (Å²) in [6, 6.07) is 2.85. The van der Waals surface area contributed by atoms with Gasteiger partial charge in [0, 0.05) is 13.3 Å². The summed E-state index contributed by atoms with van der Waals surface area (Å²) in [5.41, 5.74) is 0.665. The zero-order valence-electron chi connectivity index (χ0n) is 11.7. The Morgan fingerprint density at radius 1 is 1.38 bits per heavy atom. The number of sulfone groups is 1. The Kier molecular flexibility index (Phi) is 3.77. The molecule has 2 aromatic heterocycles. The zero-order valence-corrected chi connectivity index (χ0v) is 12.5. The topological polar surface area (TPSA) is 115 Å². The number of carboxylic acids is 1. The maximum Gasteiger partial charge on any atom is 0.356 e. The predicted molar refractivity (Wildman–Crippen MR) is 73.7 cm³/mol. The standard InChI is InChI=1S/C12H14N4O4S/c1-4-7-9(21(3,19)20)6-5-8(13-7)10-11(12(17)18)16(2)15-14-10/h5-6H,4H2,1-3H3,(H,17,18). The first-order valence-electron chi connectivity index (χ1n) is 6.09. The number of nitrogens with zero attached hydrogens (tertiary/aromatic N) is 4. The van der Waals surface area contributed by atoms with Crippen LogP contribution >= 0.6 is 0 Å². The minimum atomic E-state index is -3.39. The fourth-order valence-electron chi connectivity index (χ4n) is 1.98. The molecule has 2 aromatic rings. The highest BCUT2D eigenvalue weighted by molar-refractivity contribution is 7.90. The summed E-state index contributed by atoms with van der Waals surface area (Å²) in [5.74, 6) is -1.18.